The number of carboxylic acid groups (broad SMARTS) is 1. The maximum atomic E-state index is 12.1. The van der Waals surface area contributed by atoms with Crippen LogP contribution >= 0.6 is 0 Å². The number of rotatable bonds is 8. The van der Waals surface area contributed by atoms with Gasteiger partial charge in [0.05, 0.1) is 17.8 Å². The number of ether oxygens (including phenoxy) is 1. The van der Waals surface area contributed by atoms with E-state index < -0.39 is 36.0 Å². The minimum atomic E-state index is -1.46. The summed E-state index contributed by atoms with van der Waals surface area (Å²) in [6.07, 6.45) is -1.51. The lowest BCUT2D eigenvalue weighted by Crippen LogP contribution is -2.45. The van der Waals surface area contributed by atoms with E-state index in [0.717, 1.165) is 5.69 Å². The van der Waals surface area contributed by atoms with Crippen molar-refractivity contribution in [3.63, 3.8) is 0 Å². The van der Waals surface area contributed by atoms with Crippen molar-refractivity contribution >= 4 is 29.3 Å². The molecule has 0 spiro atoms. The Hall–Kier alpha value is -3.75. The number of nitrogens with two attached hydrogens (primary N) is 1. The molecule has 0 fully saturated rings. The number of carbonyl (C=O) groups excluding carboxylic acids is 2. The number of nitrogens with zero attached hydrogens (tertiary/aromatic N) is 2. The number of nitrogens with one attached hydrogen (secondary N) is 1. The number of aliphatic carboxylic acids is 1. The number of carbonyl (C=O) groups is 3. The Morgan fingerprint density at radius 3 is 2.10 bits per heavy atom. The highest BCUT2D eigenvalue weighted by Gasteiger charge is 2.29. The summed E-state index contributed by atoms with van der Waals surface area (Å²) in [4.78, 5) is 34.1. The van der Waals surface area contributed by atoms with Crippen LogP contribution in [0.15, 0.2) is 64.8 Å². The normalized spacial score (nSPS) is 12.3. The van der Waals surface area contributed by atoms with Gasteiger partial charge in [-0.15, -0.1) is 0 Å². The lowest BCUT2D eigenvalue weighted by Gasteiger charge is -2.26. The Labute approximate surface area is 167 Å². The van der Waals surface area contributed by atoms with Gasteiger partial charge in [0, 0.05) is 0 Å². The second-order valence-corrected chi connectivity index (χ2v) is 6.69. The summed E-state index contributed by atoms with van der Waals surface area (Å²) in [6.45, 7) is 3.30. The molecular weight excluding hydrogens is 376 g/mol. The minimum absolute atomic E-state index is 0.536. The molecule has 0 saturated carbocycles. The van der Waals surface area contributed by atoms with E-state index in [-0.39, 0.29) is 0 Å². The SMILES string of the molecule is CC(C)(OC(=O)N[C@H](CC(N)=O)C(=O)O)c1ccc(N=Nc2ccccc2)cc1. The van der Waals surface area contributed by atoms with Gasteiger partial charge in [-0.2, -0.15) is 10.2 Å². The number of hydrogen-bond donors (Lipinski definition) is 3. The van der Waals surface area contributed by atoms with Crippen LogP contribution in [0.2, 0.25) is 0 Å². The van der Waals surface area contributed by atoms with Crippen LogP contribution in [0.5, 0.6) is 0 Å². The van der Waals surface area contributed by atoms with Gasteiger partial charge in [0.25, 0.3) is 0 Å². The molecule has 0 aliphatic heterocycles. The van der Waals surface area contributed by atoms with Crippen molar-refractivity contribution in [2.45, 2.75) is 31.9 Å². The molecule has 152 valence electrons. The standard InChI is InChI=1S/C20H22N4O5/c1-20(2,29-19(28)22-16(18(26)27)12-17(21)25)13-8-10-15(11-9-13)24-23-14-6-4-3-5-7-14/h3-11,16H,12H2,1-2H3,(H2,21,25)(H,22,28)(H,26,27)/t16-/m1/s1. The minimum Gasteiger partial charge on any atom is -0.480 e. The molecule has 0 saturated heterocycles. The summed E-state index contributed by atoms with van der Waals surface area (Å²) in [5, 5.41) is 19.4. The maximum Gasteiger partial charge on any atom is 0.408 e. The van der Waals surface area contributed by atoms with Gasteiger partial charge in [-0.05, 0) is 43.7 Å². The van der Waals surface area contributed by atoms with Gasteiger partial charge < -0.3 is 20.9 Å². The molecule has 0 bridgehead atoms. The molecule has 9 nitrogen and oxygen atoms in total. The summed E-state index contributed by atoms with van der Waals surface area (Å²) in [7, 11) is 0. The van der Waals surface area contributed by atoms with E-state index in [4.69, 9.17) is 15.6 Å². The molecule has 0 heterocycles. The van der Waals surface area contributed by atoms with E-state index >= 15 is 0 Å². The first kappa shape index (κ1) is 21.5. The lowest BCUT2D eigenvalue weighted by molar-refractivity contribution is -0.141. The monoisotopic (exact) mass is 398 g/mol. The third-order valence-electron chi connectivity index (χ3n) is 3.94. The predicted octanol–water partition coefficient (Wildman–Crippen LogP) is 3.39. The Balaban J connectivity index is 2.02. The maximum absolute atomic E-state index is 12.1. The third-order valence-corrected chi connectivity index (χ3v) is 3.94. The Morgan fingerprint density at radius 2 is 1.59 bits per heavy atom. The van der Waals surface area contributed by atoms with E-state index in [2.05, 4.69) is 15.5 Å². The molecule has 29 heavy (non-hydrogen) atoms. The highest BCUT2D eigenvalue weighted by atomic mass is 16.6. The van der Waals surface area contributed by atoms with Crippen LogP contribution in [-0.2, 0) is 19.9 Å². The summed E-state index contributed by atoms with van der Waals surface area (Å²) in [6, 6.07) is 14.7. The molecule has 0 radical (unpaired) electrons. The zero-order chi connectivity index (χ0) is 21.4. The van der Waals surface area contributed by atoms with Gasteiger partial charge in [-0.25, -0.2) is 9.59 Å². The number of benzene rings is 2. The first-order valence-electron chi connectivity index (χ1n) is 8.75. The second-order valence-electron chi connectivity index (χ2n) is 6.69. The molecule has 2 rings (SSSR count). The molecular formula is C20H22N4O5. The highest BCUT2D eigenvalue weighted by molar-refractivity contribution is 5.86. The van der Waals surface area contributed by atoms with Crippen LogP contribution < -0.4 is 11.1 Å². The smallest absolute Gasteiger partial charge is 0.408 e. The van der Waals surface area contributed by atoms with Crippen molar-refractivity contribution < 1.29 is 24.2 Å². The fourth-order valence-corrected chi connectivity index (χ4v) is 2.40. The van der Waals surface area contributed by atoms with Crippen LogP contribution in [0, 0.1) is 0 Å². The van der Waals surface area contributed by atoms with Crippen molar-refractivity contribution in [3.8, 4) is 0 Å². The summed E-state index contributed by atoms with van der Waals surface area (Å²) in [5.41, 5.74) is 5.93. The van der Waals surface area contributed by atoms with Crippen molar-refractivity contribution in [2.24, 2.45) is 16.0 Å². The van der Waals surface area contributed by atoms with Crippen molar-refractivity contribution in [1.29, 1.82) is 0 Å². The summed E-state index contributed by atoms with van der Waals surface area (Å²) in [5.74, 6) is -2.23. The summed E-state index contributed by atoms with van der Waals surface area (Å²) < 4.78 is 5.34. The largest absolute Gasteiger partial charge is 0.480 e. The Morgan fingerprint density at radius 1 is 1.03 bits per heavy atom. The first-order chi connectivity index (χ1) is 13.7. The zero-order valence-electron chi connectivity index (χ0n) is 16.0. The highest BCUT2D eigenvalue weighted by Crippen LogP contribution is 2.27. The Bertz CT molecular complexity index is 895. The molecule has 0 aliphatic rings. The fraction of sp³-hybridized carbons (Fsp3) is 0.250. The Kier molecular flexibility index (Phi) is 7.02. The van der Waals surface area contributed by atoms with Crippen molar-refractivity contribution in [1.82, 2.24) is 5.32 Å². The number of carboxylic acids is 1. The topological polar surface area (TPSA) is 143 Å². The van der Waals surface area contributed by atoms with E-state index in [1.807, 2.05) is 30.3 Å². The summed E-state index contributed by atoms with van der Waals surface area (Å²) >= 11 is 0. The molecule has 1 atom stereocenters. The van der Waals surface area contributed by atoms with Crippen LogP contribution in [0.3, 0.4) is 0 Å². The lowest BCUT2D eigenvalue weighted by atomic mass is 9.98. The van der Waals surface area contributed by atoms with Crippen molar-refractivity contribution in [2.75, 3.05) is 0 Å². The second kappa shape index (κ2) is 9.45. The van der Waals surface area contributed by atoms with Crippen LogP contribution in [0.4, 0.5) is 16.2 Å². The van der Waals surface area contributed by atoms with Gasteiger partial charge in [0.15, 0.2) is 0 Å². The number of hydrogen-bond acceptors (Lipinski definition) is 6. The number of alkyl carbamates (subject to hydrolysis) is 1. The molecule has 2 amide bonds. The molecule has 2 aromatic carbocycles. The third kappa shape index (κ3) is 6.73. The zero-order valence-corrected chi connectivity index (χ0v) is 16.0. The van der Waals surface area contributed by atoms with Gasteiger partial charge in [-0.3, -0.25) is 4.79 Å². The number of azo groups is 1. The number of primary amides is 1. The van der Waals surface area contributed by atoms with Crippen molar-refractivity contribution in [3.05, 3.63) is 60.2 Å². The molecule has 0 aromatic heterocycles. The molecule has 2 aromatic rings. The van der Waals surface area contributed by atoms with E-state index in [9.17, 15) is 14.4 Å². The van der Waals surface area contributed by atoms with Gasteiger partial charge >= 0.3 is 12.1 Å². The van der Waals surface area contributed by atoms with E-state index in [0.29, 0.717) is 11.3 Å². The predicted molar refractivity (Wildman–Crippen MR) is 105 cm³/mol. The average Bonchev–Trinajstić information content (AvgIpc) is 2.66. The first-order valence-corrected chi connectivity index (χ1v) is 8.75. The van der Waals surface area contributed by atoms with Crippen LogP contribution in [-0.4, -0.2) is 29.1 Å². The van der Waals surface area contributed by atoms with Gasteiger partial charge in [0.1, 0.15) is 11.6 Å². The number of amides is 2. The molecule has 4 N–H and O–H groups in total. The molecule has 0 unspecified atom stereocenters. The van der Waals surface area contributed by atoms with Gasteiger partial charge in [0.2, 0.25) is 5.91 Å². The molecule has 0 aliphatic carbocycles. The quantitative estimate of drug-likeness (QED) is 0.584. The fourth-order valence-electron chi connectivity index (χ4n) is 2.40. The van der Waals surface area contributed by atoms with E-state index in [1.165, 1.54) is 0 Å². The van der Waals surface area contributed by atoms with Crippen LogP contribution in [0.1, 0.15) is 25.8 Å². The average molecular weight is 398 g/mol. The van der Waals surface area contributed by atoms with Gasteiger partial charge in [-0.1, -0.05) is 30.3 Å². The van der Waals surface area contributed by atoms with Crippen LogP contribution in [0.25, 0.3) is 0 Å². The molecule has 9 heteroatoms. The van der Waals surface area contributed by atoms with E-state index in [1.54, 1.807) is 38.1 Å².